The molecule has 0 saturated carbocycles. The minimum Gasteiger partial charge on any atom is -0.375 e. The molecule has 5 heteroatoms. The van der Waals surface area contributed by atoms with Gasteiger partial charge in [-0.2, -0.15) is 0 Å². The molecule has 2 fully saturated rings. The van der Waals surface area contributed by atoms with Gasteiger partial charge in [-0.1, -0.05) is 13.0 Å². The van der Waals surface area contributed by atoms with Gasteiger partial charge >= 0.3 is 0 Å². The van der Waals surface area contributed by atoms with E-state index in [1.807, 2.05) is 23.1 Å². The van der Waals surface area contributed by atoms with Crippen LogP contribution in [0.2, 0.25) is 0 Å². The van der Waals surface area contributed by atoms with Crippen LogP contribution in [-0.4, -0.2) is 47.7 Å². The van der Waals surface area contributed by atoms with E-state index in [0.717, 1.165) is 64.1 Å². The number of hydrogen-bond acceptors (Lipinski definition) is 4. The molecule has 0 N–H and O–H groups in total. The van der Waals surface area contributed by atoms with Gasteiger partial charge in [-0.05, 0) is 50.2 Å². The Hall–Kier alpha value is -1.46. The summed E-state index contributed by atoms with van der Waals surface area (Å²) in [6.45, 7) is 5.89. The van der Waals surface area contributed by atoms with Crippen LogP contribution in [0.3, 0.4) is 0 Å². The van der Waals surface area contributed by atoms with Crippen LogP contribution in [0.25, 0.3) is 0 Å². The summed E-state index contributed by atoms with van der Waals surface area (Å²) in [6, 6.07) is 5.89. The third-order valence-electron chi connectivity index (χ3n) is 5.61. The fourth-order valence-corrected chi connectivity index (χ4v) is 4.14. The van der Waals surface area contributed by atoms with Crippen LogP contribution in [0.1, 0.15) is 51.1 Å². The second kappa shape index (κ2) is 8.77. The number of nitrogens with zero attached hydrogens (tertiary/aromatic N) is 2. The van der Waals surface area contributed by atoms with Gasteiger partial charge < -0.3 is 14.4 Å². The number of aromatic nitrogens is 1. The van der Waals surface area contributed by atoms with E-state index < -0.39 is 0 Å². The minimum absolute atomic E-state index is 0.0304. The van der Waals surface area contributed by atoms with E-state index in [2.05, 4.69) is 11.9 Å². The van der Waals surface area contributed by atoms with E-state index in [9.17, 15) is 4.79 Å². The minimum atomic E-state index is -0.0304. The Labute approximate surface area is 150 Å². The highest BCUT2D eigenvalue weighted by atomic mass is 16.5. The first-order valence-corrected chi connectivity index (χ1v) is 9.63. The Morgan fingerprint density at radius 1 is 1.40 bits per heavy atom. The van der Waals surface area contributed by atoms with E-state index in [1.54, 1.807) is 6.20 Å². The number of likely N-dealkylation sites (tertiary alicyclic amines) is 1. The van der Waals surface area contributed by atoms with Gasteiger partial charge in [0.1, 0.15) is 0 Å². The van der Waals surface area contributed by atoms with Gasteiger partial charge in [0.05, 0.1) is 17.9 Å². The average Bonchev–Trinajstić information content (AvgIpc) is 3.02. The Kier molecular flexibility index (Phi) is 6.43. The number of carbonyl (C=O) groups is 1. The summed E-state index contributed by atoms with van der Waals surface area (Å²) in [5, 5.41) is 0. The lowest BCUT2D eigenvalue weighted by Crippen LogP contribution is -2.49. The second-order valence-electron chi connectivity index (χ2n) is 7.19. The van der Waals surface area contributed by atoms with Crippen LogP contribution < -0.4 is 0 Å². The normalized spacial score (nSPS) is 22.4. The summed E-state index contributed by atoms with van der Waals surface area (Å²) in [6.07, 6.45) is 7.45. The van der Waals surface area contributed by atoms with Gasteiger partial charge in [0.15, 0.2) is 0 Å². The molecule has 1 atom stereocenters. The maximum Gasteiger partial charge on any atom is 0.222 e. The van der Waals surface area contributed by atoms with E-state index in [4.69, 9.17) is 9.47 Å². The van der Waals surface area contributed by atoms with Gasteiger partial charge in [0, 0.05) is 38.9 Å². The molecule has 25 heavy (non-hydrogen) atoms. The van der Waals surface area contributed by atoms with Crippen molar-refractivity contribution in [3.8, 4) is 0 Å². The quantitative estimate of drug-likeness (QED) is 0.712. The van der Waals surface area contributed by atoms with Crippen molar-refractivity contribution in [3.63, 3.8) is 0 Å². The molecule has 0 aliphatic carbocycles. The molecule has 1 amide bonds. The molecule has 0 bridgehead atoms. The predicted molar refractivity (Wildman–Crippen MR) is 96.0 cm³/mol. The zero-order valence-corrected chi connectivity index (χ0v) is 15.3. The first-order valence-electron chi connectivity index (χ1n) is 9.63. The summed E-state index contributed by atoms with van der Waals surface area (Å²) in [7, 11) is 0. The zero-order chi connectivity index (χ0) is 17.5. The lowest BCUT2D eigenvalue weighted by molar-refractivity contribution is -0.137. The van der Waals surface area contributed by atoms with Crippen molar-refractivity contribution in [3.05, 3.63) is 30.1 Å². The maximum atomic E-state index is 12.1. The summed E-state index contributed by atoms with van der Waals surface area (Å²) in [5.74, 6) is 0.838. The van der Waals surface area contributed by atoms with Gasteiger partial charge in [-0.15, -0.1) is 0 Å². The van der Waals surface area contributed by atoms with Crippen LogP contribution in [-0.2, 0) is 20.9 Å². The molecule has 2 aliphatic heterocycles. The largest absolute Gasteiger partial charge is 0.375 e. The molecule has 1 aromatic rings. The van der Waals surface area contributed by atoms with E-state index in [-0.39, 0.29) is 5.60 Å². The smallest absolute Gasteiger partial charge is 0.222 e. The van der Waals surface area contributed by atoms with Crippen LogP contribution in [0.5, 0.6) is 0 Å². The zero-order valence-electron chi connectivity index (χ0n) is 15.3. The lowest BCUT2D eigenvalue weighted by atomic mass is 9.78. The molecule has 3 rings (SSSR count). The Morgan fingerprint density at radius 2 is 2.24 bits per heavy atom. The monoisotopic (exact) mass is 346 g/mol. The third-order valence-corrected chi connectivity index (χ3v) is 5.61. The molecule has 1 spiro atoms. The summed E-state index contributed by atoms with van der Waals surface area (Å²) in [4.78, 5) is 18.4. The van der Waals surface area contributed by atoms with Crippen molar-refractivity contribution < 1.29 is 14.3 Å². The van der Waals surface area contributed by atoms with E-state index in [0.29, 0.717) is 24.9 Å². The summed E-state index contributed by atoms with van der Waals surface area (Å²) in [5.41, 5.74) is 0.944. The highest BCUT2D eigenvalue weighted by Crippen LogP contribution is 2.42. The highest BCUT2D eigenvalue weighted by Gasteiger charge is 2.46. The molecule has 2 saturated heterocycles. The van der Waals surface area contributed by atoms with Crippen LogP contribution in [0.4, 0.5) is 0 Å². The van der Waals surface area contributed by atoms with Gasteiger partial charge in [0.2, 0.25) is 5.91 Å². The average molecular weight is 346 g/mol. The second-order valence-corrected chi connectivity index (χ2v) is 7.19. The van der Waals surface area contributed by atoms with Gasteiger partial charge in [0.25, 0.3) is 0 Å². The fraction of sp³-hybridized carbons (Fsp3) is 0.700. The SMILES string of the molecule is CCCC(=O)N1CCC2(CC1)OCCC2CCOCc1ccccn1. The van der Waals surface area contributed by atoms with Gasteiger partial charge in [-0.3, -0.25) is 9.78 Å². The predicted octanol–water partition coefficient (Wildman–Crippen LogP) is 3.19. The Bertz CT molecular complexity index is 541. The standard InChI is InChI=1S/C20H30N2O3/c1-2-5-19(23)22-12-9-20(10-13-22)17(8-15-25-20)7-14-24-16-18-6-3-4-11-21-18/h3-4,6,11,17H,2,5,7-10,12-16H2,1H3. The number of hydrogen-bond donors (Lipinski definition) is 0. The number of pyridine rings is 1. The third kappa shape index (κ3) is 4.59. The number of carbonyl (C=O) groups excluding carboxylic acids is 1. The summed E-state index contributed by atoms with van der Waals surface area (Å²) >= 11 is 0. The van der Waals surface area contributed by atoms with Gasteiger partial charge in [-0.25, -0.2) is 0 Å². The molecule has 2 aliphatic rings. The molecule has 0 radical (unpaired) electrons. The lowest BCUT2D eigenvalue weighted by Gasteiger charge is -2.42. The van der Waals surface area contributed by atoms with Crippen molar-refractivity contribution in [2.75, 3.05) is 26.3 Å². The molecule has 3 heterocycles. The fourth-order valence-electron chi connectivity index (χ4n) is 4.14. The van der Waals surface area contributed by atoms with E-state index >= 15 is 0 Å². The topological polar surface area (TPSA) is 51.7 Å². The van der Waals surface area contributed by atoms with E-state index in [1.165, 1.54) is 0 Å². The molecule has 1 unspecified atom stereocenters. The number of ether oxygens (including phenoxy) is 2. The molecular formula is C20H30N2O3. The maximum absolute atomic E-state index is 12.1. The number of piperidine rings is 1. The van der Waals surface area contributed by atoms with Crippen molar-refractivity contribution in [2.24, 2.45) is 5.92 Å². The Balaban J connectivity index is 1.44. The van der Waals surface area contributed by atoms with Crippen molar-refractivity contribution >= 4 is 5.91 Å². The van der Waals surface area contributed by atoms with Crippen LogP contribution in [0.15, 0.2) is 24.4 Å². The molecule has 5 nitrogen and oxygen atoms in total. The molecule has 1 aromatic heterocycles. The number of amides is 1. The first kappa shape index (κ1) is 18.3. The number of rotatable bonds is 7. The van der Waals surface area contributed by atoms with Crippen molar-refractivity contribution in [2.45, 2.75) is 57.7 Å². The van der Waals surface area contributed by atoms with Crippen molar-refractivity contribution in [1.82, 2.24) is 9.88 Å². The summed E-state index contributed by atoms with van der Waals surface area (Å²) < 4.78 is 12.0. The molecule has 138 valence electrons. The highest BCUT2D eigenvalue weighted by molar-refractivity contribution is 5.76. The Morgan fingerprint density at radius 3 is 2.96 bits per heavy atom. The van der Waals surface area contributed by atoms with Crippen LogP contribution >= 0.6 is 0 Å². The molecular weight excluding hydrogens is 316 g/mol. The van der Waals surface area contributed by atoms with Crippen molar-refractivity contribution in [1.29, 1.82) is 0 Å². The first-order chi connectivity index (χ1) is 12.2. The molecule has 0 aromatic carbocycles. The van der Waals surface area contributed by atoms with Crippen LogP contribution in [0, 0.1) is 5.92 Å².